The van der Waals surface area contributed by atoms with Crippen molar-refractivity contribution in [3.05, 3.63) is 43.5 Å². The van der Waals surface area contributed by atoms with E-state index in [-0.39, 0.29) is 31.7 Å². The Hall–Kier alpha value is -2.47. The molecule has 0 bridgehead atoms. The molecule has 4 rings (SSSR count). The fourth-order valence-electron chi connectivity index (χ4n) is 4.50. The van der Waals surface area contributed by atoms with Gasteiger partial charge in [-0.15, -0.1) is 0 Å². The minimum absolute atomic E-state index is 0.0465. The summed E-state index contributed by atoms with van der Waals surface area (Å²) in [5.74, 6) is -0.807. The average molecular weight is 513 g/mol. The normalized spacial score (nSPS) is 33.6. The number of H-pyrrole nitrogens is 1. The highest BCUT2D eigenvalue weighted by molar-refractivity contribution is 7.48. The zero-order valence-electron chi connectivity index (χ0n) is 19.4. The molecule has 3 aliphatic rings. The predicted molar refractivity (Wildman–Crippen MR) is 119 cm³/mol. The second kappa shape index (κ2) is 10.3. The van der Waals surface area contributed by atoms with E-state index in [9.17, 15) is 24.5 Å². The zero-order valence-corrected chi connectivity index (χ0v) is 20.3. The van der Waals surface area contributed by atoms with E-state index in [2.05, 4.69) is 15.0 Å². The van der Waals surface area contributed by atoms with Crippen molar-refractivity contribution in [1.29, 1.82) is 0 Å². The summed E-state index contributed by atoms with van der Waals surface area (Å²) in [5, 5.41) is 3.79. The molecule has 6 atom stereocenters. The molecule has 1 aliphatic carbocycles. The number of carbonyl (C=O) groups is 1. The molecule has 3 heterocycles. The minimum Gasteiger partial charge on any atom is -0.462 e. The Labute approximate surface area is 200 Å². The fraction of sp³-hybridized carbons (Fsp3) is 0.750. The first-order valence-corrected chi connectivity index (χ1v) is 12.9. The quantitative estimate of drug-likeness (QED) is 0.179. The Kier molecular flexibility index (Phi) is 7.51. The lowest BCUT2D eigenvalue weighted by Gasteiger charge is -2.35. The maximum absolute atomic E-state index is 13.2. The maximum atomic E-state index is 13.2. The second-order valence-electron chi connectivity index (χ2n) is 9.09. The number of ether oxygens (including phenoxy) is 2. The Morgan fingerprint density at radius 2 is 2.17 bits per heavy atom. The number of hydrogen-bond donors (Lipinski definition) is 1. The Bertz CT molecular complexity index is 1160. The summed E-state index contributed by atoms with van der Waals surface area (Å²) >= 11 is 0. The maximum Gasteiger partial charge on any atom is 0.475 e. The average Bonchev–Trinajstić information content (AvgIpc) is 3.40. The summed E-state index contributed by atoms with van der Waals surface area (Å²) in [6.45, 7) is 2.87. The van der Waals surface area contributed by atoms with E-state index in [1.54, 1.807) is 6.92 Å². The van der Waals surface area contributed by atoms with Gasteiger partial charge in [-0.05, 0) is 44.6 Å². The van der Waals surface area contributed by atoms with Crippen molar-refractivity contribution in [3.63, 3.8) is 0 Å². The van der Waals surface area contributed by atoms with Crippen molar-refractivity contribution in [3.8, 4) is 0 Å². The molecule has 2 saturated heterocycles. The van der Waals surface area contributed by atoms with Gasteiger partial charge < -0.3 is 9.47 Å². The molecule has 35 heavy (non-hydrogen) atoms. The number of aromatic amines is 1. The molecule has 1 aromatic rings. The van der Waals surface area contributed by atoms with E-state index in [0.29, 0.717) is 0 Å². The van der Waals surface area contributed by atoms with Crippen molar-refractivity contribution in [2.24, 2.45) is 11.0 Å². The van der Waals surface area contributed by atoms with Crippen LogP contribution >= 0.6 is 7.82 Å². The summed E-state index contributed by atoms with van der Waals surface area (Å²) in [6.07, 6.45) is 2.14. The molecule has 0 spiro atoms. The number of fused-ring (bicyclic) bond motifs is 1. The summed E-state index contributed by atoms with van der Waals surface area (Å²) in [7, 11) is -4.10. The van der Waals surface area contributed by atoms with E-state index in [0.717, 1.165) is 36.3 Å². The monoisotopic (exact) mass is 513 g/mol. The van der Waals surface area contributed by atoms with Crippen LogP contribution in [0.3, 0.4) is 0 Å². The van der Waals surface area contributed by atoms with E-state index in [1.165, 1.54) is 13.1 Å². The highest BCUT2D eigenvalue weighted by Crippen LogP contribution is 2.59. The van der Waals surface area contributed by atoms with Crippen LogP contribution in [0.4, 0.5) is 0 Å². The molecule has 2 aliphatic heterocycles. The van der Waals surface area contributed by atoms with Gasteiger partial charge in [0, 0.05) is 17.2 Å². The SMILES string of the molecule is CC(CCO[P@]1(=O)OC[C@H]2O[C@@H](n3ccc(=O)[nH]c3=O)[C@](C)(N=[N+]=[N-])[C@@H]2O1)C(=O)OC1CCCC1. The van der Waals surface area contributed by atoms with Gasteiger partial charge in [-0.2, -0.15) is 0 Å². The predicted octanol–water partition coefficient (Wildman–Crippen LogP) is 2.56. The number of carbonyl (C=O) groups excluding carboxylic acids is 1. The molecule has 14 nitrogen and oxygen atoms in total. The Balaban J connectivity index is 1.42. The summed E-state index contributed by atoms with van der Waals surface area (Å²) in [4.78, 5) is 41.0. The van der Waals surface area contributed by atoms with Gasteiger partial charge in [-0.1, -0.05) is 12.0 Å². The van der Waals surface area contributed by atoms with Crippen molar-refractivity contribution in [2.75, 3.05) is 13.2 Å². The largest absolute Gasteiger partial charge is 0.475 e. The van der Waals surface area contributed by atoms with E-state index in [1.807, 2.05) is 0 Å². The van der Waals surface area contributed by atoms with Crippen LogP contribution < -0.4 is 11.2 Å². The first-order chi connectivity index (χ1) is 16.6. The van der Waals surface area contributed by atoms with Gasteiger partial charge in [0.2, 0.25) is 0 Å². The van der Waals surface area contributed by atoms with Gasteiger partial charge in [0.1, 0.15) is 23.9 Å². The fourth-order valence-corrected chi connectivity index (χ4v) is 5.98. The van der Waals surface area contributed by atoms with Crippen LogP contribution in [0.15, 0.2) is 27.0 Å². The number of rotatable bonds is 8. The number of phosphoric acid groups is 1. The van der Waals surface area contributed by atoms with E-state index in [4.69, 9.17) is 23.0 Å². The van der Waals surface area contributed by atoms with Gasteiger partial charge in [-0.25, -0.2) is 9.36 Å². The topological polar surface area (TPSA) is 184 Å². The Morgan fingerprint density at radius 3 is 2.86 bits per heavy atom. The number of nitrogens with one attached hydrogen (secondary N) is 1. The summed E-state index contributed by atoms with van der Waals surface area (Å²) in [5.41, 5.74) is 6.26. The molecule has 1 aromatic heterocycles. The van der Waals surface area contributed by atoms with E-state index < -0.39 is 49.0 Å². The standard InChI is InChI=1S/C20H28N5O9P/c1-12(17(27)32-13-5-3-4-6-13)8-10-30-35(29)31-11-14-16(34-35)20(2,23-24-21)18(33-14)25-9-7-15(26)22-19(25)28/h7,9,12-14,16,18H,3-6,8,10-11H2,1-2H3,(H,22,26,28)/t12?,14-,16-,18-,20-,35-/m1/s1. The van der Waals surface area contributed by atoms with Gasteiger partial charge in [0.05, 0.1) is 19.1 Å². The number of nitrogens with zero attached hydrogens (tertiary/aromatic N) is 4. The molecule has 1 unspecified atom stereocenters. The van der Waals surface area contributed by atoms with Crippen molar-refractivity contribution < 1.29 is 32.4 Å². The Morgan fingerprint density at radius 1 is 1.43 bits per heavy atom. The molecule has 0 aromatic carbocycles. The lowest BCUT2D eigenvalue weighted by atomic mass is 9.93. The third kappa shape index (κ3) is 5.37. The van der Waals surface area contributed by atoms with Crippen molar-refractivity contribution in [2.45, 2.75) is 76.0 Å². The second-order valence-corrected chi connectivity index (χ2v) is 10.7. The lowest BCUT2D eigenvalue weighted by Crippen LogP contribution is -2.47. The molecule has 1 N–H and O–H groups in total. The molecule has 0 amide bonds. The number of esters is 1. The van der Waals surface area contributed by atoms with Crippen LogP contribution in [0.5, 0.6) is 0 Å². The molecule has 15 heteroatoms. The van der Waals surface area contributed by atoms with Crippen LogP contribution in [0, 0.1) is 5.92 Å². The molecule has 1 saturated carbocycles. The van der Waals surface area contributed by atoms with Crippen LogP contribution in [-0.2, 0) is 32.4 Å². The van der Waals surface area contributed by atoms with Crippen molar-refractivity contribution >= 4 is 13.8 Å². The number of phosphoric ester groups is 1. The third-order valence-corrected chi connectivity index (χ3v) is 7.96. The lowest BCUT2D eigenvalue weighted by molar-refractivity contribution is -0.153. The summed E-state index contributed by atoms with van der Waals surface area (Å²) in [6, 6.07) is 1.12. The van der Waals surface area contributed by atoms with Crippen LogP contribution in [0.2, 0.25) is 0 Å². The van der Waals surface area contributed by atoms with Gasteiger partial charge in [-0.3, -0.25) is 32.7 Å². The smallest absolute Gasteiger partial charge is 0.462 e. The first kappa shape index (κ1) is 25.6. The van der Waals surface area contributed by atoms with Crippen LogP contribution in [0.25, 0.3) is 10.4 Å². The van der Waals surface area contributed by atoms with Crippen molar-refractivity contribution in [1.82, 2.24) is 9.55 Å². The highest BCUT2D eigenvalue weighted by atomic mass is 31.2. The highest BCUT2D eigenvalue weighted by Gasteiger charge is 2.60. The third-order valence-electron chi connectivity index (χ3n) is 6.51. The summed E-state index contributed by atoms with van der Waals surface area (Å²) < 4.78 is 42.0. The number of azide groups is 1. The van der Waals surface area contributed by atoms with E-state index >= 15 is 0 Å². The molecular formula is C20H28N5O9P. The molecule has 0 radical (unpaired) electrons. The minimum atomic E-state index is -4.10. The first-order valence-electron chi connectivity index (χ1n) is 11.5. The van der Waals surface area contributed by atoms with Crippen LogP contribution in [-0.4, -0.2) is 52.6 Å². The molecule has 3 fully saturated rings. The molecule has 192 valence electrons. The van der Waals surface area contributed by atoms with Gasteiger partial charge >= 0.3 is 19.5 Å². The number of hydrogen-bond acceptors (Lipinski definition) is 10. The zero-order chi connectivity index (χ0) is 25.2. The van der Waals surface area contributed by atoms with Gasteiger partial charge in [0.15, 0.2) is 6.23 Å². The van der Waals surface area contributed by atoms with Crippen LogP contribution in [0.1, 0.15) is 52.2 Å². The number of aromatic nitrogens is 2. The van der Waals surface area contributed by atoms with Gasteiger partial charge in [0.25, 0.3) is 5.56 Å². The molecular weight excluding hydrogens is 485 g/mol.